The molecule has 1 saturated heterocycles. The molecule has 3 unspecified atom stereocenters. The molecule has 1 fully saturated rings. The van der Waals surface area contributed by atoms with Gasteiger partial charge in [-0.15, -0.1) is 0 Å². The van der Waals surface area contributed by atoms with E-state index in [9.17, 15) is 9.90 Å². The Balaban J connectivity index is 1.51. The molecule has 2 N–H and O–H groups in total. The minimum absolute atomic E-state index is 0.0326. The number of nitrogens with one attached hydrogen (secondary N) is 1. The molecular weight excluding hydrogens is 608 g/mol. The van der Waals surface area contributed by atoms with Gasteiger partial charge in [0, 0.05) is 32.0 Å². The van der Waals surface area contributed by atoms with E-state index in [2.05, 4.69) is 72.6 Å². The number of ether oxygens (including phenoxy) is 2. The van der Waals surface area contributed by atoms with Crippen LogP contribution in [0.3, 0.4) is 0 Å². The first-order chi connectivity index (χ1) is 24.0. The van der Waals surface area contributed by atoms with E-state index in [4.69, 9.17) is 9.47 Å². The number of carbonyl (C=O) groups is 1. The van der Waals surface area contributed by atoms with Gasteiger partial charge in [-0.1, -0.05) is 139 Å². The zero-order valence-corrected chi connectivity index (χ0v) is 30.5. The van der Waals surface area contributed by atoms with Gasteiger partial charge in [0.05, 0.1) is 18.8 Å². The first kappa shape index (κ1) is 38.8. The molecule has 1 heterocycles. The molecule has 0 spiro atoms. The lowest BCUT2D eigenvalue weighted by atomic mass is 9.98. The Bertz CT molecular complexity index is 1340. The average molecular weight is 671 g/mol. The third-order valence-electron chi connectivity index (χ3n) is 9.69. The van der Waals surface area contributed by atoms with E-state index in [1.54, 1.807) is 6.92 Å². The monoisotopic (exact) mass is 670 g/mol. The Morgan fingerprint density at radius 3 is 1.98 bits per heavy atom. The molecule has 1 amide bonds. The summed E-state index contributed by atoms with van der Waals surface area (Å²) in [6, 6.07) is 25.0. The molecule has 3 atom stereocenters. The summed E-state index contributed by atoms with van der Waals surface area (Å²) in [5, 5.41) is 12.6. The van der Waals surface area contributed by atoms with Crippen LogP contribution in [0.5, 0.6) is 0 Å². The highest BCUT2D eigenvalue weighted by Crippen LogP contribution is 2.39. The number of hydrogen-bond acceptors (Lipinski definition) is 5. The third kappa shape index (κ3) is 13.7. The van der Waals surface area contributed by atoms with Gasteiger partial charge in [0.15, 0.2) is 6.29 Å². The van der Waals surface area contributed by atoms with Crippen LogP contribution in [0.1, 0.15) is 139 Å². The summed E-state index contributed by atoms with van der Waals surface area (Å²) < 4.78 is 13.6. The second-order valence-corrected chi connectivity index (χ2v) is 13.9. The van der Waals surface area contributed by atoms with Crippen LogP contribution < -0.4 is 5.32 Å². The summed E-state index contributed by atoms with van der Waals surface area (Å²) in [4.78, 5) is 14.2. The number of aliphatic hydroxyl groups is 1. The van der Waals surface area contributed by atoms with Crippen molar-refractivity contribution < 1.29 is 19.4 Å². The van der Waals surface area contributed by atoms with Gasteiger partial charge in [0.1, 0.15) is 0 Å². The fourth-order valence-electron chi connectivity index (χ4n) is 6.80. The van der Waals surface area contributed by atoms with E-state index in [1.165, 1.54) is 77.0 Å². The smallest absolute Gasteiger partial charge is 0.217 e. The first-order valence-corrected chi connectivity index (χ1v) is 19.2. The molecule has 0 bridgehead atoms. The Morgan fingerprint density at radius 1 is 0.735 bits per heavy atom. The summed E-state index contributed by atoms with van der Waals surface area (Å²) in [5.74, 6) is -0.0355. The molecular formula is C43H62N2O4. The molecule has 1 aliphatic rings. The van der Waals surface area contributed by atoms with Crippen molar-refractivity contribution in [3.8, 4) is 11.1 Å². The van der Waals surface area contributed by atoms with Crippen LogP contribution in [0.2, 0.25) is 0 Å². The molecule has 6 heteroatoms. The van der Waals surface area contributed by atoms with Gasteiger partial charge >= 0.3 is 0 Å². The van der Waals surface area contributed by atoms with Crippen LogP contribution in [-0.4, -0.2) is 41.7 Å². The van der Waals surface area contributed by atoms with Crippen LogP contribution in [0, 0.1) is 0 Å². The van der Waals surface area contributed by atoms with Crippen LogP contribution in [0.25, 0.3) is 11.1 Å². The fraction of sp³-hybridized carbons (Fsp3) is 0.558. The topological polar surface area (TPSA) is 71.0 Å². The molecule has 0 aromatic heterocycles. The second-order valence-electron chi connectivity index (χ2n) is 13.9. The predicted molar refractivity (Wildman–Crippen MR) is 201 cm³/mol. The minimum atomic E-state index is -0.492. The van der Waals surface area contributed by atoms with Gasteiger partial charge in [0.2, 0.25) is 5.91 Å². The number of carbonyl (C=O) groups excluding carboxylic acids is 1. The van der Waals surface area contributed by atoms with E-state index in [1.807, 2.05) is 24.3 Å². The Hall–Kier alpha value is -3.03. The predicted octanol–water partition coefficient (Wildman–Crippen LogP) is 10.1. The highest BCUT2D eigenvalue weighted by molar-refractivity contribution is 5.73. The van der Waals surface area contributed by atoms with Crippen molar-refractivity contribution in [1.82, 2.24) is 10.2 Å². The number of amides is 1. The zero-order valence-electron chi connectivity index (χ0n) is 30.5. The lowest BCUT2D eigenvalue weighted by molar-refractivity contribution is -0.253. The summed E-state index contributed by atoms with van der Waals surface area (Å²) >= 11 is 0. The summed E-state index contributed by atoms with van der Waals surface area (Å²) in [5.41, 5.74) is 6.28. The Kier molecular flexibility index (Phi) is 17.3. The first-order valence-electron chi connectivity index (χ1n) is 19.2. The molecule has 0 saturated carbocycles. The van der Waals surface area contributed by atoms with Crippen LogP contribution in [0.15, 0.2) is 72.8 Å². The molecule has 4 rings (SSSR count). The number of nitrogens with zero attached hydrogens (tertiary/aromatic N) is 1. The molecule has 1 aliphatic heterocycles. The molecule has 49 heavy (non-hydrogen) atoms. The average Bonchev–Trinajstić information content (AvgIpc) is 3.13. The lowest BCUT2D eigenvalue weighted by Gasteiger charge is -2.38. The number of hydrogen-bond donors (Lipinski definition) is 2. The van der Waals surface area contributed by atoms with Gasteiger partial charge in [-0.25, -0.2) is 0 Å². The molecule has 3 aromatic rings. The lowest BCUT2D eigenvalue weighted by Crippen LogP contribution is -2.40. The maximum atomic E-state index is 11.5. The van der Waals surface area contributed by atoms with E-state index < -0.39 is 6.29 Å². The molecule has 0 radical (unpaired) electrons. The highest BCUT2D eigenvalue weighted by Gasteiger charge is 2.33. The maximum absolute atomic E-state index is 11.5. The quantitative estimate of drug-likeness (QED) is 0.104. The summed E-state index contributed by atoms with van der Waals surface area (Å²) in [6.07, 6.45) is 15.9. The Labute approximate surface area is 296 Å². The normalized spacial score (nSPS) is 17.8. The zero-order chi connectivity index (χ0) is 34.7. The third-order valence-corrected chi connectivity index (χ3v) is 9.69. The van der Waals surface area contributed by atoms with Crippen LogP contribution in [-0.2, 0) is 27.4 Å². The molecule has 0 aliphatic carbocycles. The molecule has 3 aromatic carbocycles. The van der Waals surface area contributed by atoms with Gasteiger partial charge in [0.25, 0.3) is 0 Å². The van der Waals surface area contributed by atoms with Crippen LogP contribution in [0.4, 0.5) is 0 Å². The van der Waals surface area contributed by atoms with E-state index >= 15 is 0 Å². The molecule has 6 nitrogen and oxygen atoms in total. The van der Waals surface area contributed by atoms with Gasteiger partial charge in [-0.2, -0.15) is 0 Å². The van der Waals surface area contributed by atoms with Crippen molar-refractivity contribution in [1.29, 1.82) is 0 Å². The fourth-order valence-corrected chi connectivity index (χ4v) is 6.80. The van der Waals surface area contributed by atoms with Crippen molar-refractivity contribution in [3.63, 3.8) is 0 Å². The van der Waals surface area contributed by atoms with Gasteiger partial charge in [-0.05, 0) is 65.9 Å². The van der Waals surface area contributed by atoms with Crippen molar-refractivity contribution in [2.24, 2.45) is 0 Å². The maximum Gasteiger partial charge on any atom is 0.217 e. The number of benzene rings is 3. The largest absolute Gasteiger partial charge is 0.392 e. The highest BCUT2D eigenvalue weighted by atomic mass is 16.7. The number of rotatable bonds is 22. The van der Waals surface area contributed by atoms with Crippen molar-refractivity contribution in [3.05, 3.63) is 95.1 Å². The number of unbranched alkanes of at least 4 members (excludes halogenated alkanes) is 10. The SMILES string of the molecule is CCCCCCCCN(CCCCCCCC)CC1CC(c2ccc(CO)cc2)OC(c2cccc(-c3cccc(CNC(C)=O)c3)c2)O1. The van der Waals surface area contributed by atoms with Gasteiger partial charge in [-0.3, -0.25) is 4.79 Å². The van der Waals surface area contributed by atoms with Crippen molar-refractivity contribution in [2.75, 3.05) is 19.6 Å². The van der Waals surface area contributed by atoms with Crippen molar-refractivity contribution >= 4 is 5.91 Å². The standard InChI is InChI=1S/C43H62N2O4/c1-4-6-8-10-12-14-26-45(27-15-13-11-9-7-5-2)32-41-30-42(37-24-22-35(33-46)23-25-37)49-43(48-41)40-21-17-20-39(29-40)38-19-16-18-36(28-38)31-44-34(3)47/h16-25,28-29,41-43,46H,4-15,26-27,30-33H2,1-3H3,(H,44,47). The van der Waals surface area contributed by atoms with Crippen LogP contribution >= 0.6 is 0 Å². The second kappa shape index (κ2) is 21.9. The summed E-state index contributed by atoms with van der Waals surface area (Å²) in [6.45, 7) is 9.78. The van der Waals surface area contributed by atoms with E-state index in [-0.39, 0.29) is 24.7 Å². The van der Waals surface area contributed by atoms with Crippen molar-refractivity contribution in [2.45, 2.75) is 136 Å². The number of aliphatic hydroxyl groups excluding tert-OH is 1. The Morgan fingerprint density at radius 2 is 1.35 bits per heavy atom. The molecule has 268 valence electrons. The summed E-state index contributed by atoms with van der Waals surface area (Å²) in [7, 11) is 0. The van der Waals surface area contributed by atoms with Gasteiger partial charge < -0.3 is 24.8 Å². The van der Waals surface area contributed by atoms with E-state index in [0.717, 1.165) is 59.4 Å². The minimum Gasteiger partial charge on any atom is -0.392 e. The van der Waals surface area contributed by atoms with E-state index in [0.29, 0.717) is 6.54 Å².